The van der Waals surface area contributed by atoms with Gasteiger partial charge in [-0.3, -0.25) is 14.5 Å². The number of carbonyl (C=O) groups excluding carboxylic acids is 2. The van der Waals surface area contributed by atoms with Crippen molar-refractivity contribution >= 4 is 23.1 Å². The number of imide groups is 1. The number of amides is 2. The molecule has 1 aliphatic rings. The molecule has 6 nitrogen and oxygen atoms in total. The van der Waals surface area contributed by atoms with E-state index in [9.17, 15) is 9.59 Å². The van der Waals surface area contributed by atoms with E-state index in [1.54, 1.807) is 0 Å². The quantitative estimate of drug-likeness (QED) is 0.533. The summed E-state index contributed by atoms with van der Waals surface area (Å²) in [5, 5.41) is 3.18. The predicted molar refractivity (Wildman–Crippen MR) is 126 cm³/mol. The summed E-state index contributed by atoms with van der Waals surface area (Å²) in [5.41, 5.74) is 2.01. The zero-order valence-electron chi connectivity index (χ0n) is 19.5. The van der Waals surface area contributed by atoms with E-state index in [0.717, 1.165) is 5.75 Å². The molecule has 2 aromatic rings. The van der Waals surface area contributed by atoms with Crippen molar-refractivity contribution in [2.45, 2.75) is 34.6 Å². The smallest absolute Gasteiger partial charge is 0.278 e. The van der Waals surface area contributed by atoms with Crippen molar-refractivity contribution < 1.29 is 19.1 Å². The Kier molecular flexibility index (Phi) is 7.57. The van der Waals surface area contributed by atoms with Crippen LogP contribution in [0.3, 0.4) is 0 Å². The molecule has 0 spiro atoms. The monoisotopic (exact) mass is 436 g/mol. The molecule has 0 atom stereocenters. The van der Waals surface area contributed by atoms with Crippen LogP contribution in [-0.4, -0.2) is 36.5 Å². The van der Waals surface area contributed by atoms with Crippen molar-refractivity contribution in [1.29, 1.82) is 0 Å². The number of hydrogen-bond donors (Lipinski definition) is 1. The van der Waals surface area contributed by atoms with Crippen LogP contribution in [-0.2, 0) is 9.59 Å². The lowest BCUT2D eigenvalue weighted by Gasteiger charge is -2.17. The van der Waals surface area contributed by atoms with Gasteiger partial charge in [-0.05, 0) is 48.6 Å². The maximum Gasteiger partial charge on any atom is 0.278 e. The Bertz CT molecular complexity index is 993. The predicted octanol–water partition coefficient (Wildman–Crippen LogP) is 4.97. The third-order valence-corrected chi connectivity index (χ3v) is 4.86. The summed E-state index contributed by atoms with van der Waals surface area (Å²) in [5.74, 6) is 1.40. The van der Waals surface area contributed by atoms with Crippen LogP contribution in [0.15, 0.2) is 54.2 Å². The zero-order chi connectivity index (χ0) is 23.3. The van der Waals surface area contributed by atoms with Crippen molar-refractivity contribution in [3.63, 3.8) is 0 Å². The number of ether oxygens (including phenoxy) is 2. The molecule has 0 aromatic heterocycles. The minimum Gasteiger partial charge on any atom is -0.494 e. The van der Waals surface area contributed by atoms with Crippen molar-refractivity contribution in [2.24, 2.45) is 11.8 Å². The Morgan fingerprint density at radius 1 is 0.875 bits per heavy atom. The van der Waals surface area contributed by atoms with Gasteiger partial charge >= 0.3 is 0 Å². The lowest BCUT2D eigenvalue weighted by Crippen LogP contribution is -2.35. The average molecular weight is 437 g/mol. The fourth-order valence-electron chi connectivity index (χ4n) is 3.45. The number of anilines is 1. The second-order valence-corrected chi connectivity index (χ2v) is 8.68. The fourth-order valence-corrected chi connectivity index (χ4v) is 3.45. The van der Waals surface area contributed by atoms with Crippen LogP contribution >= 0.6 is 0 Å². The molecule has 2 aromatic carbocycles. The van der Waals surface area contributed by atoms with Crippen LogP contribution < -0.4 is 14.8 Å². The lowest BCUT2D eigenvalue weighted by molar-refractivity contribution is -0.137. The normalized spacial score (nSPS) is 14.0. The Morgan fingerprint density at radius 2 is 1.59 bits per heavy atom. The molecule has 0 unspecified atom stereocenters. The van der Waals surface area contributed by atoms with Gasteiger partial charge in [-0.2, -0.15) is 0 Å². The minimum atomic E-state index is -0.319. The fraction of sp³-hybridized carbons (Fsp3) is 0.385. The van der Waals surface area contributed by atoms with Gasteiger partial charge in [0.1, 0.15) is 17.2 Å². The van der Waals surface area contributed by atoms with Gasteiger partial charge in [-0.15, -0.1) is 0 Å². The van der Waals surface area contributed by atoms with Gasteiger partial charge in [0.05, 0.1) is 18.8 Å². The first kappa shape index (κ1) is 23.4. The van der Waals surface area contributed by atoms with Crippen LogP contribution in [0, 0.1) is 11.8 Å². The van der Waals surface area contributed by atoms with E-state index < -0.39 is 0 Å². The Hall–Kier alpha value is -3.28. The van der Waals surface area contributed by atoms with E-state index in [1.165, 1.54) is 4.90 Å². The van der Waals surface area contributed by atoms with Gasteiger partial charge < -0.3 is 14.8 Å². The van der Waals surface area contributed by atoms with Gasteiger partial charge in [0.25, 0.3) is 11.8 Å². The summed E-state index contributed by atoms with van der Waals surface area (Å²) in [6, 6.07) is 14.7. The summed E-state index contributed by atoms with van der Waals surface area (Å²) >= 11 is 0. The van der Waals surface area contributed by atoms with E-state index in [0.29, 0.717) is 48.2 Å². The number of hydrogen-bond acceptors (Lipinski definition) is 5. The second-order valence-electron chi connectivity index (χ2n) is 8.68. The first-order valence-electron chi connectivity index (χ1n) is 11.1. The Morgan fingerprint density at radius 3 is 2.22 bits per heavy atom. The standard InChI is InChI=1S/C26H32N2O4/c1-6-31-22-9-7-8-20(14-22)27-24-23(25(29)28(26(24)30)15-17(2)3)19-10-12-21(13-11-19)32-16-18(4)5/h7-14,17-18,27H,6,15-16H2,1-5H3. The van der Waals surface area contributed by atoms with Gasteiger partial charge in [0.2, 0.25) is 0 Å². The molecule has 1 aliphatic heterocycles. The van der Waals surface area contributed by atoms with Crippen LogP contribution in [0.2, 0.25) is 0 Å². The molecule has 0 saturated carbocycles. The topological polar surface area (TPSA) is 67.9 Å². The molecule has 6 heteroatoms. The number of rotatable bonds is 10. The van der Waals surface area contributed by atoms with Gasteiger partial charge in [-0.25, -0.2) is 0 Å². The van der Waals surface area contributed by atoms with Crippen molar-refractivity contribution in [3.05, 3.63) is 59.8 Å². The molecular formula is C26H32N2O4. The van der Waals surface area contributed by atoms with E-state index in [4.69, 9.17) is 9.47 Å². The van der Waals surface area contributed by atoms with E-state index in [2.05, 4.69) is 19.2 Å². The zero-order valence-corrected chi connectivity index (χ0v) is 19.5. The molecule has 1 N–H and O–H groups in total. The molecule has 2 amide bonds. The number of benzene rings is 2. The Balaban J connectivity index is 1.96. The van der Waals surface area contributed by atoms with Crippen LogP contribution in [0.4, 0.5) is 5.69 Å². The van der Waals surface area contributed by atoms with Crippen LogP contribution in [0.25, 0.3) is 5.57 Å². The average Bonchev–Trinajstić information content (AvgIpc) is 2.97. The third kappa shape index (κ3) is 5.49. The van der Waals surface area contributed by atoms with E-state index in [1.807, 2.05) is 69.3 Å². The van der Waals surface area contributed by atoms with Crippen LogP contribution in [0.5, 0.6) is 11.5 Å². The molecule has 1 heterocycles. The van der Waals surface area contributed by atoms with Gasteiger partial charge in [-0.1, -0.05) is 45.9 Å². The molecule has 0 aliphatic carbocycles. The van der Waals surface area contributed by atoms with E-state index in [-0.39, 0.29) is 23.4 Å². The first-order chi connectivity index (χ1) is 15.3. The summed E-state index contributed by atoms with van der Waals surface area (Å²) in [6.07, 6.45) is 0. The summed E-state index contributed by atoms with van der Waals surface area (Å²) in [7, 11) is 0. The molecule has 0 radical (unpaired) electrons. The molecule has 32 heavy (non-hydrogen) atoms. The highest BCUT2D eigenvalue weighted by Gasteiger charge is 2.39. The molecule has 0 bridgehead atoms. The largest absolute Gasteiger partial charge is 0.494 e. The maximum atomic E-state index is 13.3. The third-order valence-electron chi connectivity index (χ3n) is 4.86. The van der Waals surface area contributed by atoms with Gasteiger partial charge in [0.15, 0.2) is 0 Å². The van der Waals surface area contributed by atoms with Crippen LogP contribution in [0.1, 0.15) is 40.2 Å². The lowest BCUT2D eigenvalue weighted by atomic mass is 10.0. The summed E-state index contributed by atoms with van der Waals surface area (Å²) in [4.78, 5) is 27.8. The number of carbonyl (C=O) groups is 2. The first-order valence-corrected chi connectivity index (χ1v) is 11.1. The molecular weight excluding hydrogens is 404 g/mol. The SMILES string of the molecule is CCOc1cccc(NC2=C(c3ccc(OCC(C)C)cc3)C(=O)N(CC(C)C)C2=O)c1. The highest BCUT2D eigenvalue weighted by atomic mass is 16.5. The highest BCUT2D eigenvalue weighted by Crippen LogP contribution is 2.32. The number of nitrogens with zero attached hydrogens (tertiary/aromatic N) is 1. The summed E-state index contributed by atoms with van der Waals surface area (Å²) < 4.78 is 11.3. The second kappa shape index (κ2) is 10.4. The highest BCUT2D eigenvalue weighted by molar-refractivity contribution is 6.36. The van der Waals surface area contributed by atoms with Crippen molar-refractivity contribution in [3.8, 4) is 11.5 Å². The van der Waals surface area contributed by atoms with Gasteiger partial charge in [0, 0.05) is 18.3 Å². The van der Waals surface area contributed by atoms with Crippen molar-refractivity contribution in [2.75, 3.05) is 25.1 Å². The molecule has 0 saturated heterocycles. The Labute approximate surface area is 190 Å². The minimum absolute atomic E-state index is 0.164. The molecule has 0 fully saturated rings. The van der Waals surface area contributed by atoms with Crippen molar-refractivity contribution in [1.82, 2.24) is 4.90 Å². The molecule has 170 valence electrons. The van der Waals surface area contributed by atoms with E-state index >= 15 is 0 Å². The maximum absolute atomic E-state index is 13.3. The molecule has 3 rings (SSSR count). The summed E-state index contributed by atoms with van der Waals surface area (Å²) in [6.45, 7) is 11.6. The number of nitrogens with one attached hydrogen (secondary N) is 1.